The van der Waals surface area contributed by atoms with E-state index in [1.54, 1.807) is 6.07 Å². The Balaban J connectivity index is 1.66. The number of hydrogen-bond donors (Lipinski definition) is 1. The molecule has 27 heavy (non-hydrogen) atoms. The summed E-state index contributed by atoms with van der Waals surface area (Å²) in [5, 5.41) is 2.19. The summed E-state index contributed by atoms with van der Waals surface area (Å²) in [6, 6.07) is 6.44. The Morgan fingerprint density at radius 2 is 1.89 bits per heavy atom. The average Bonchev–Trinajstić information content (AvgIpc) is 3.05. The van der Waals surface area contributed by atoms with Crippen molar-refractivity contribution in [3.05, 3.63) is 51.2 Å². The van der Waals surface area contributed by atoms with E-state index in [0.717, 1.165) is 48.3 Å². The molecule has 1 amide bonds. The molecule has 0 bridgehead atoms. The van der Waals surface area contributed by atoms with E-state index < -0.39 is 29.7 Å². The third-order valence-electron chi connectivity index (χ3n) is 4.34. The number of benzene rings is 1. The van der Waals surface area contributed by atoms with Crippen LogP contribution in [0.25, 0.3) is 0 Å². The van der Waals surface area contributed by atoms with Crippen molar-refractivity contribution in [1.82, 2.24) is 0 Å². The number of esters is 1. The topological polar surface area (TPSA) is 55.4 Å². The van der Waals surface area contributed by atoms with Crippen LogP contribution in [0.15, 0.2) is 30.3 Å². The maximum absolute atomic E-state index is 13.0. The van der Waals surface area contributed by atoms with Crippen LogP contribution in [0.1, 0.15) is 45.4 Å². The minimum Gasteiger partial charge on any atom is -0.448 e. The number of carbonyl (C=O) groups excluding carboxylic acids is 2. The van der Waals surface area contributed by atoms with Crippen LogP contribution in [0.2, 0.25) is 0 Å². The van der Waals surface area contributed by atoms with Gasteiger partial charge >= 0.3 is 12.1 Å². The molecule has 1 aliphatic carbocycles. The van der Waals surface area contributed by atoms with Gasteiger partial charge in [0, 0.05) is 4.88 Å². The van der Waals surface area contributed by atoms with Gasteiger partial charge in [0.25, 0.3) is 5.91 Å². The molecule has 0 spiro atoms. The second-order valence-corrected chi connectivity index (χ2v) is 7.48. The van der Waals surface area contributed by atoms with Crippen molar-refractivity contribution in [2.24, 2.45) is 0 Å². The SMILES string of the molecule is C[C@H](OC(=O)c1cc2c(s1)CCCC2)C(=O)Nc1ccccc1C(F)(F)F. The summed E-state index contributed by atoms with van der Waals surface area (Å²) in [5.41, 5.74) is -0.193. The van der Waals surface area contributed by atoms with Crippen LogP contribution in [0.4, 0.5) is 18.9 Å². The summed E-state index contributed by atoms with van der Waals surface area (Å²) in [5.74, 6) is -1.46. The van der Waals surface area contributed by atoms with E-state index in [4.69, 9.17) is 4.74 Å². The van der Waals surface area contributed by atoms with Crippen LogP contribution in [0.3, 0.4) is 0 Å². The van der Waals surface area contributed by atoms with E-state index in [1.807, 2.05) is 0 Å². The van der Waals surface area contributed by atoms with Gasteiger partial charge in [-0.05, 0) is 56.4 Å². The van der Waals surface area contributed by atoms with Crippen molar-refractivity contribution in [3.8, 4) is 0 Å². The van der Waals surface area contributed by atoms with Crippen molar-refractivity contribution in [1.29, 1.82) is 0 Å². The number of carbonyl (C=O) groups is 2. The number of rotatable bonds is 4. The fraction of sp³-hybridized carbons (Fsp3) is 0.368. The van der Waals surface area contributed by atoms with Crippen LogP contribution in [0.5, 0.6) is 0 Å². The third kappa shape index (κ3) is 4.50. The number of amides is 1. The number of thiophene rings is 1. The lowest BCUT2D eigenvalue weighted by Gasteiger charge is -2.16. The summed E-state index contributed by atoms with van der Waals surface area (Å²) in [4.78, 5) is 26.1. The zero-order valence-corrected chi connectivity index (χ0v) is 15.4. The minimum absolute atomic E-state index is 0.371. The standard InChI is InChI=1S/C19H18F3NO3S/c1-11(17(24)23-14-8-4-3-7-13(14)19(20,21)22)26-18(25)16-10-12-6-2-5-9-15(12)27-16/h3-4,7-8,10-11H,2,5-6,9H2,1H3,(H,23,24)/t11-/m0/s1. The molecular weight excluding hydrogens is 379 g/mol. The van der Waals surface area contributed by atoms with E-state index >= 15 is 0 Å². The fourth-order valence-electron chi connectivity index (χ4n) is 2.94. The first-order valence-electron chi connectivity index (χ1n) is 8.55. The first-order valence-corrected chi connectivity index (χ1v) is 9.37. The molecule has 0 saturated heterocycles. The Morgan fingerprint density at radius 1 is 1.19 bits per heavy atom. The number of alkyl halides is 3. The van der Waals surface area contributed by atoms with Crippen LogP contribution in [-0.2, 0) is 28.5 Å². The van der Waals surface area contributed by atoms with E-state index in [2.05, 4.69) is 5.32 Å². The number of hydrogen-bond acceptors (Lipinski definition) is 4. The van der Waals surface area contributed by atoms with Gasteiger partial charge in [0.2, 0.25) is 0 Å². The molecule has 0 fully saturated rings. The Morgan fingerprint density at radius 3 is 2.59 bits per heavy atom. The monoisotopic (exact) mass is 397 g/mol. The molecular formula is C19H18F3NO3S. The highest BCUT2D eigenvalue weighted by atomic mass is 32.1. The van der Waals surface area contributed by atoms with Crippen LogP contribution >= 0.6 is 11.3 Å². The molecule has 0 saturated carbocycles. The summed E-state index contributed by atoms with van der Waals surface area (Å²) < 4.78 is 44.2. The van der Waals surface area contributed by atoms with Crippen LogP contribution < -0.4 is 5.32 Å². The summed E-state index contributed by atoms with van der Waals surface area (Å²) in [6.45, 7) is 1.33. The molecule has 4 nitrogen and oxygen atoms in total. The second kappa shape index (κ2) is 7.72. The lowest BCUT2D eigenvalue weighted by molar-refractivity contribution is -0.137. The molecule has 2 aromatic rings. The predicted molar refractivity (Wildman–Crippen MR) is 95.9 cm³/mol. The van der Waals surface area contributed by atoms with E-state index in [0.29, 0.717) is 4.88 Å². The lowest BCUT2D eigenvalue weighted by Crippen LogP contribution is -2.30. The Bertz CT molecular complexity index is 837. The third-order valence-corrected chi connectivity index (χ3v) is 5.56. The molecule has 8 heteroatoms. The molecule has 1 aliphatic rings. The quantitative estimate of drug-likeness (QED) is 0.752. The molecule has 0 unspecified atom stereocenters. The molecule has 144 valence electrons. The van der Waals surface area contributed by atoms with Crippen molar-refractivity contribution in [2.45, 2.75) is 44.9 Å². The molecule has 1 aromatic carbocycles. The summed E-state index contributed by atoms with van der Waals surface area (Å²) in [7, 11) is 0. The summed E-state index contributed by atoms with van der Waals surface area (Å²) in [6.07, 6.45) is -1.81. The summed E-state index contributed by atoms with van der Waals surface area (Å²) >= 11 is 1.35. The number of halogens is 3. The van der Waals surface area contributed by atoms with Crippen molar-refractivity contribution in [3.63, 3.8) is 0 Å². The molecule has 0 aliphatic heterocycles. The predicted octanol–water partition coefficient (Wildman–Crippen LogP) is 4.83. The number of ether oxygens (including phenoxy) is 1. The molecule has 1 aromatic heterocycles. The first kappa shape index (κ1) is 19.4. The van der Waals surface area contributed by atoms with Gasteiger partial charge in [-0.25, -0.2) is 4.79 Å². The average molecular weight is 397 g/mol. The maximum atomic E-state index is 13.0. The van der Waals surface area contributed by atoms with E-state index in [1.165, 1.54) is 30.4 Å². The number of aryl methyl sites for hydroxylation is 2. The number of para-hydroxylation sites is 1. The van der Waals surface area contributed by atoms with Crippen molar-refractivity contribution < 1.29 is 27.5 Å². The molecule has 1 N–H and O–H groups in total. The molecule has 0 radical (unpaired) electrons. The number of fused-ring (bicyclic) bond motifs is 1. The normalized spacial score (nSPS) is 15.0. The van der Waals surface area contributed by atoms with Gasteiger partial charge in [0.05, 0.1) is 11.3 Å². The Kier molecular flexibility index (Phi) is 5.55. The zero-order chi connectivity index (χ0) is 19.6. The van der Waals surface area contributed by atoms with Gasteiger partial charge in [-0.1, -0.05) is 12.1 Å². The molecule has 3 rings (SSSR count). The lowest BCUT2D eigenvalue weighted by atomic mass is 9.99. The highest BCUT2D eigenvalue weighted by molar-refractivity contribution is 7.14. The van der Waals surface area contributed by atoms with E-state index in [9.17, 15) is 22.8 Å². The second-order valence-electron chi connectivity index (χ2n) is 6.35. The molecule has 1 heterocycles. The highest BCUT2D eigenvalue weighted by Crippen LogP contribution is 2.34. The van der Waals surface area contributed by atoms with Gasteiger partial charge < -0.3 is 10.1 Å². The van der Waals surface area contributed by atoms with Gasteiger partial charge in [0.15, 0.2) is 6.10 Å². The minimum atomic E-state index is -4.60. The fourth-order valence-corrected chi connectivity index (χ4v) is 4.07. The van der Waals surface area contributed by atoms with Crippen LogP contribution in [0, 0.1) is 0 Å². The van der Waals surface area contributed by atoms with Crippen LogP contribution in [-0.4, -0.2) is 18.0 Å². The van der Waals surface area contributed by atoms with Crippen molar-refractivity contribution in [2.75, 3.05) is 5.32 Å². The van der Waals surface area contributed by atoms with Gasteiger partial charge in [-0.2, -0.15) is 13.2 Å². The Hall–Kier alpha value is -2.35. The first-order chi connectivity index (χ1) is 12.8. The highest BCUT2D eigenvalue weighted by Gasteiger charge is 2.34. The van der Waals surface area contributed by atoms with E-state index in [-0.39, 0.29) is 5.69 Å². The number of anilines is 1. The Labute approximate surface area is 158 Å². The zero-order valence-electron chi connectivity index (χ0n) is 14.6. The van der Waals surface area contributed by atoms with Gasteiger partial charge in [-0.3, -0.25) is 4.79 Å². The number of nitrogens with one attached hydrogen (secondary N) is 1. The molecule has 1 atom stereocenters. The largest absolute Gasteiger partial charge is 0.448 e. The maximum Gasteiger partial charge on any atom is 0.418 e. The van der Waals surface area contributed by atoms with Gasteiger partial charge in [0.1, 0.15) is 4.88 Å². The van der Waals surface area contributed by atoms with Crippen molar-refractivity contribution >= 4 is 28.9 Å². The van der Waals surface area contributed by atoms with Gasteiger partial charge in [-0.15, -0.1) is 11.3 Å². The smallest absolute Gasteiger partial charge is 0.418 e.